The van der Waals surface area contributed by atoms with Gasteiger partial charge in [-0.05, 0) is 87.0 Å². The molecule has 1 N–H and O–H groups in total. The van der Waals surface area contributed by atoms with E-state index in [-0.39, 0.29) is 11.3 Å². The molecule has 3 aromatic carbocycles. The van der Waals surface area contributed by atoms with Crippen molar-refractivity contribution in [1.29, 1.82) is 0 Å². The minimum atomic E-state index is -0.616. The number of hydrogen-bond donors (Lipinski definition) is 1. The van der Waals surface area contributed by atoms with Gasteiger partial charge in [0.05, 0.1) is 11.4 Å². The number of aromatic hydroxyl groups is 1. The highest BCUT2D eigenvalue weighted by atomic mass is 16.5. The Morgan fingerprint density at radius 2 is 1.47 bits per heavy atom. The minimum absolute atomic E-state index is 0.0996. The zero-order chi connectivity index (χ0) is 21.5. The molecule has 0 spiro atoms. The molecule has 0 fully saturated rings. The summed E-state index contributed by atoms with van der Waals surface area (Å²) < 4.78 is 5.32. The van der Waals surface area contributed by atoms with E-state index in [2.05, 4.69) is 29.0 Å². The summed E-state index contributed by atoms with van der Waals surface area (Å²) in [4.78, 5) is 14.5. The predicted molar refractivity (Wildman–Crippen MR) is 118 cm³/mol. The monoisotopic (exact) mass is 403 g/mol. The van der Waals surface area contributed by atoms with Gasteiger partial charge in [-0.2, -0.15) is 10.2 Å². The van der Waals surface area contributed by atoms with Crippen LogP contribution in [0, 0.1) is 6.92 Å². The fourth-order valence-corrected chi connectivity index (χ4v) is 2.99. The van der Waals surface area contributed by atoms with Gasteiger partial charge in [0.25, 0.3) is 0 Å². The minimum Gasteiger partial charge on any atom is -0.507 e. The Kier molecular flexibility index (Phi) is 6.80. The van der Waals surface area contributed by atoms with Crippen molar-refractivity contribution in [1.82, 2.24) is 0 Å². The van der Waals surface area contributed by atoms with Gasteiger partial charge < -0.3 is 14.7 Å². The number of phenols is 1. The Hall–Kier alpha value is -3.67. The molecule has 0 aliphatic heterocycles. The van der Waals surface area contributed by atoms with Gasteiger partial charge in [-0.3, -0.25) is 0 Å². The van der Waals surface area contributed by atoms with Gasteiger partial charge in [0.15, 0.2) is 0 Å². The molecule has 0 aliphatic carbocycles. The van der Waals surface area contributed by atoms with Crippen LogP contribution in [0.15, 0.2) is 77.0 Å². The molecule has 3 rings (SSSR count). The van der Waals surface area contributed by atoms with Gasteiger partial charge in [-0.25, -0.2) is 4.79 Å². The third-order valence-electron chi connectivity index (χ3n) is 4.68. The molecule has 0 atom stereocenters. The largest absolute Gasteiger partial charge is 0.507 e. The Morgan fingerprint density at radius 3 is 2.00 bits per heavy atom. The van der Waals surface area contributed by atoms with Gasteiger partial charge >= 0.3 is 5.97 Å². The first-order valence-corrected chi connectivity index (χ1v) is 9.88. The van der Waals surface area contributed by atoms with Crippen molar-refractivity contribution in [3.8, 4) is 11.5 Å². The number of benzene rings is 3. The molecule has 0 radical (unpaired) electrons. The molecule has 0 saturated carbocycles. The molecule has 0 saturated heterocycles. The second-order valence-corrected chi connectivity index (χ2v) is 6.79. The molecular formula is C24H25N3O3. The summed E-state index contributed by atoms with van der Waals surface area (Å²) in [5.41, 5.74) is 3.54. The number of azo groups is 1. The highest BCUT2D eigenvalue weighted by molar-refractivity contribution is 5.94. The van der Waals surface area contributed by atoms with Crippen molar-refractivity contribution in [3.05, 3.63) is 77.9 Å². The lowest BCUT2D eigenvalue weighted by Gasteiger charge is -2.20. The molecule has 6 nitrogen and oxygen atoms in total. The van der Waals surface area contributed by atoms with E-state index in [1.54, 1.807) is 36.4 Å². The van der Waals surface area contributed by atoms with Crippen LogP contribution in [0.2, 0.25) is 0 Å². The Balaban J connectivity index is 1.63. The van der Waals surface area contributed by atoms with Crippen LogP contribution in [-0.2, 0) is 0 Å². The first kappa shape index (κ1) is 21.0. The van der Waals surface area contributed by atoms with Crippen molar-refractivity contribution in [2.45, 2.75) is 20.8 Å². The summed E-state index contributed by atoms with van der Waals surface area (Å²) in [5.74, 6) is -0.352. The molecule has 6 heteroatoms. The molecule has 3 aromatic rings. The number of ether oxygens (including phenoxy) is 1. The molecule has 0 bridgehead atoms. The lowest BCUT2D eigenvalue weighted by atomic mass is 10.1. The van der Waals surface area contributed by atoms with Crippen molar-refractivity contribution >= 4 is 23.0 Å². The van der Waals surface area contributed by atoms with Crippen LogP contribution >= 0.6 is 0 Å². The number of nitrogens with zero attached hydrogens (tertiary/aromatic N) is 3. The maximum absolute atomic E-state index is 12.2. The highest BCUT2D eigenvalue weighted by Crippen LogP contribution is 2.25. The number of rotatable bonds is 7. The van der Waals surface area contributed by atoms with Crippen LogP contribution in [0.4, 0.5) is 17.1 Å². The fraction of sp³-hybridized carbons (Fsp3) is 0.208. The van der Waals surface area contributed by atoms with Crippen LogP contribution in [-0.4, -0.2) is 24.2 Å². The molecule has 30 heavy (non-hydrogen) atoms. The van der Waals surface area contributed by atoms with Crippen molar-refractivity contribution in [3.63, 3.8) is 0 Å². The summed E-state index contributed by atoms with van der Waals surface area (Å²) in [6.07, 6.45) is 0. The number of esters is 1. The Bertz CT molecular complexity index is 1020. The van der Waals surface area contributed by atoms with E-state index < -0.39 is 5.97 Å². The molecule has 0 aromatic heterocycles. The first-order valence-electron chi connectivity index (χ1n) is 9.88. The van der Waals surface area contributed by atoms with Crippen LogP contribution < -0.4 is 9.64 Å². The normalized spacial score (nSPS) is 10.9. The standard InChI is InChI=1S/C24H25N3O3/c1-4-27(5-2)20-11-7-18(8-12-20)25-26-19-9-13-21(14-10-19)30-24(29)22-15-6-17(3)16-23(22)28/h6-16,28H,4-5H2,1-3H3. The topological polar surface area (TPSA) is 74.5 Å². The Morgan fingerprint density at radius 1 is 0.900 bits per heavy atom. The van der Waals surface area contributed by atoms with Crippen LogP contribution in [0.1, 0.15) is 29.8 Å². The quantitative estimate of drug-likeness (QED) is 0.290. The zero-order valence-electron chi connectivity index (χ0n) is 17.4. The molecule has 0 amide bonds. The molecule has 0 heterocycles. The lowest BCUT2D eigenvalue weighted by molar-refractivity contribution is 0.0731. The molecule has 154 valence electrons. The van der Waals surface area contributed by atoms with E-state index in [0.29, 0.717) is 11.4 Å². The average molecular weight is 403 g/mol. The number of aryl methyl sites for hydroxylation is 1. The van der Waals surface area contributed by atoms with Gasteiger partial charge in [-0.15, -0.1) is 0 Å². The smallest absolute Gasteiger partial charge is 0.347 e. The summed E-state index contributed by atoms with van der Waals surface area (Å²) in [7, 11) is 0. The van der Waals surface area contributed by atoms with Gasteiger partial charge in [0, 0.05) is 18.8 Å². The second kappa shape index (κ2) is 9.69. The number of phenolic OH excluding ortho intramolecular Hbond substituents is 1. The van der Waals surface area contributed by atoms with E-state index in [9.17, 15) is 9.90 Å². The van der Waals surface area contributed by atoms with Crippen molar-refractivity contribution in [2.75, 3.05) is 18.0 Å². The van der Waals surface area contributed by atoms with Crippen molar-refractivity contribution in [2.24, 2.45) is 10.2 Å². The number of carbonyl (C=O) groups is 1. The number of hydrogen-bond acceptors (Lipinski definition) is 6. The van der Waals surface area contributed by atoms with Crippen molar-refractivity contribution < 1.29 is 14.6 Å². The summed E-state index contributed by atoms with van der Waals surface area (Å²) >= 11 is 0. The molecule has 0 unspecified atom stereocenters. The van der Waals surface area contributed by atoms with E-state index in [0.717, 1.165) is 30.0 Å². The van der Waals surface area contributed by atoms with Crippen LogP contribution in [0.5, 0.6) is 11.5 Å². The summed E-state index contributed by atoms with van der Waals surface area (Å²) in [6.45, 7) is 8.00. The summed E-state index contributed by atoms with van der Waals surface area (Å²) in [6, 6.07) is 19.4. The van der Waals surface area contributed by atoms with Crippen LogP contribution in [0.3, 0.4) is 0 Å². The van der Waals surface area contributed by atoms with E-state index in [1.807, 2.05) is 31.2 Å². The third kappa shape index (κ3) is 5.23. The van der Waals surface area contributed by atoms with Gasteiger partial charge in [0.2, 0.25) is 0 Å². The zero-order valence-corrected chi connectivity index (χ0v) is 17.4. The fourth-order valence-electron chi connectivity index (χ4n) is 2.99. The van der Waals surface area contributed by atoms with E-state index >= 15 is 0 Å². The predicted octanol–water partition coefficient (Wildman–Crippen LogP) is 6.18. The Labute approximate surface area is 176 Å². The van der Waals surface area contributed by atoms with E-state index in [4.69, 9.17) is 4.74 Å². The second-order valence-electron chi connectivity index (χ2n) is 6.79. The maximum Gasteiger partial charge on any atom is 0.347 e. The number of carbonyl (C=O) groups excluding carboxylic acids is 1. The van der Waals surface area contributed by atoms with Crippen LogP contribution in [0.25, 0.3) is 0 Å². The summed E-state index contributed by atoms with van der Waals surface area (Å²) in [5, 5.41) is 18.4. The van der Waals surface area contributed by atoms with Gasteiger partial charge in [-0.1, -0.05) is 6.07 Å². The van der Waals surface area contributed by atoms with E-state index in [1.165, 1.54) is 6.07 Å². The van der Waals surface area contributed by atoms with Gasteiger partial charge in [0.1, 0.15) is 17.1 Å². The maximum atomic E-state index is 12.2. The molecule has 0 aliphatic rings. The third-order valence-corrected chi connectivity index (χ3v) is 4.68. The highest BCUT2D eigenvalue weighted by Gasteiger charge is 2.13. The SMILES string of the molecule is CCN(CC)c1ccc(N=Nc2ccc(OC(=O)c3ccc(C)cc3O)cc2)cc1. The average Bonchev–Trinajstić information content (AvgIpc) is 2.75. The lowest BCUT2D eigenvalue weighted by Crippen LogP contribution is -2.21. The molecular weight excluding hydrogens is 378 g/mol. The first-order chi connectivity index (χ1) is 14.5. The number of anilines is 1.